The van der Waals surface area contributed by atoms with Crippen molar-refractivity contribution in [1.82, 2.24) is 30.0 Å². The van der Waals surface area contributed by atoms with Crippen LogP contribution in [0.15, 0.2) is 60.3 Å². The summed E-state index contributed by atoms with van der Waals surface area (Å²) in [7, 11) is 0. The summed E-state index contributed by atoms with van der Waals surface area (Å²) < 4.78 is 36.9. The Morgan fingerprint density at radius 1 is 1.11 bits per heavy atom. The lowest BCUT2D eigenvalue weighted by atomic mass is 9.94. The van der Waals surface area contributed by atoms with Gasteiger partial charge in [0.05, 0.1) is 24.9 Å². The molecule has 2 aromatic carbocycles. The molecule has 2 amide bonds. The van der Waals surface area contributed by atoms with Crippen molar-refractivity contribution in [2.24, 2.45) is 0 Å². The second kappa shape index (κ2) is 11.2. The van der Waals surface area contributed by atoms with Crippen molar-refractivity contribution in [3.8, 4) is 39.7 Å². The molecule has 0 unspecified atom stereocenters. The van der Waals surface area contributed by atoms with Crippen LogP contribution in [-0.4, -0.2) is 55.7 Å². The third-order valence-electron chi connectivity index (χ3n) is 7.88. The van der Waals surface area contributed by atoms with Gasteiger partial charge in [-0.1, -0.05) is 12.6 Å². The fourth-order valence-electron chi connectivity index (χ4n) is 5.87. The van der Waals surface area contributed by atoms with Gasteiger partial charge in [-0.05, 0) is 61.5 Å². The van der Waals surface area contributed by atoms with Crippen molar-refractivity contribution < 1.29 is 24.5 Å². The van der Waals surface area contributed by atoms with Crippen LogP contribution in [0.3, 0.4) is 0 Å². The highest BCUT2D eigenvalue weighted by molar-refractivity contribution is 7.18. The Balaban J connectivity index is 0.00000372. The van der Waals surface area contributed by atoms with Crippen molar-refractivity contribution in [2.45, 2.75) is 39.5 Å². The predicted octanol–water partition coefficient (Wildman–Crippen LogP) is 6.17. The molecule has 0 spiro atoms. The molecule has 12 heteroatoms. The van der Waals surface area contributed by atoms with Crippen LogP contribution in [0.2, 0.25) is 0 Å². The fraction of sp³-hybridized carbons (Fsp3) is 0.242. The van der Waals surface area contributed by atoms with E-state index in [2.05, 4.69) is 11.9 Å². The second-order valence-electron chi connectivity index (χ2n) is 11.2. The van der Waals surface area contributed by atoms with Crippen LogP contribution in [0.5, 0.6) is 5.75 Å². The first kappa shape index (κ1) is 28.8. The summed E-state index contributed by atoms with van der Waals surface area (Å²) in [5.74, 6) is -1.20. The quantitative estimate of drug-likeness (QED) is 0.226. The number of aromatic nitrogens is 4. The first-order valence-corrected chi connectivity index (χ1v) is 15.4. The van der Waals surface area contributed by atoms with Crippen molar-refractivity contribution in [3.05, 3.63) is 83.0 Å². The molecule has 0 fully saturated rings. The van der Waals surface area contributed by atoms with Gasteiger partial charge in [0.2, 0.25) is 5.82 Å². The molecule has 0 radical (unpaired) electrons. The Morgan fingerprint density at radius 2 is 1.93 bits per heavy atom. The fourth-order valence-corrected chi connectivity index (χ4v) is 6.82. The van der Waals surface area contributed by atoms with Crippen molar-refractivity contribution >= 4 is 33.2 Å². The highest BCUT2D eigenvalue weighted by Gasteiger charge is 2.29. The van der Waals surface area contributed by atoms with Crippen LogP contribution in [0.25, 0.3) is 44.0 Å². The second-order valence-corrected chi connectivity index (χ2v) is 12.2. The number of fused-ring (bicyclic) bond motifs is 3. The molecule has 0 aliphatic carbocycles. The van der Waals surface area contributed by atoms with Gasteiger partial charge in [-0.25, -0.2) is 23.4 Å². The molecule has 230 valence electrons. The van der Waals surface area contributed by atoms with E-state index in [0.717, 1.165) is 21.2 Å². The molecule has 9 nitrogen and oxygen atoms in total. The summed E-state index contributed by atoms with van der Waals surface area (Å²) in [6.45, 7) is 8.07. The Labute approximate surface area is 262 Å². The lowest BCUT2D eigenvalue weighted by Crippen LogP contribution is -2.38. The molecular weight excluding hydrogens is 598 g/mol. The number of hydrogen-bond donors (Lipinski definition) is 1. The number of benzene rings is 2. The maximum absolute atomic E-state index is 14.5. The van der Waals surface area contributed by atoms with Gasteiger partial charge < -0.3 is 15.0 Å². The van der Waals surface area contributed by atoms with Crippen LogP contribution in [0.4, 0.5) is 8.78 Å². The van der Waals surface area contributed by atoms with Crippen LogP contribution in [-0.2, 0) is 24.3 Å². The first-order valence-electron chi connectivity index (χ1n) is 14.5. The lowest BCUT2D eigenvalue weighted by Gasteiger charge is -2.25. The Hall–Kier alpha value is -4.97. The van der Waals surface area contributed by atoms with E-state index >= 15 is 0 Å². The van der Waals surface area contributed by atoms with Crippen molar-refractivity contribution in [2.75, 3.05) is 13.1 Å². The molecule has 2 aliphatic heterocycles. The first-order chi connectivity index (χ1) is 21.7. The predicted molar refractivity (Wildman–Crippen MR) is 169 cm³/mol. The van der Waals surface area contributed by atoms with Gasteiger partial charge in [-0.15, -0.1) is 16.4 Å². The van der Waals surface area contributed by atoms with Crippen LogP contribution >= 0.6 is 11.3 Å². The Bertz CT molecular complexity index is 2040. The van der Waals surface area contributed by atoms with Crippen LogP contribution < -0.4 is 10.1 Å². The number of thiophene rings is 1. The van der Waals surface area contributed by atoms with Crippen LogP contribution in [0.1, 0.15) is 37.0 Å². The molecule has 0 atom stereocenters. The highest BCUT2D eigenvalue weighted by atomic mass is 32.1. The minimum absolute atomic E-state index is 0. The number of pyridine rings is 1. The lowest BCUT2D eigenvalue weighted by molar-refractivity contribution is -0.130. The average Bonchev–Trinajstić information content (AvgIpc) is 3.67. The van der Waals surface area contributed by atoms with E-state index in [1.165, 1.54) is 28.4 Å². The van der Waals surface area contributed by atoms with Gasteiger partial charge in [0, 0.05) is 52.9 Å². The number of halogens is 2. The van der Waals surface area contributed by atoms with Crippen molar-refractivity contribution in [3.63, 3.8) is 0 Å². The number of hydrogen-bond acceptors (Lipinski definition) is 7. The smallest absolute Gasteiger partial charge is 0.282 e. The normalized spacial score (nSPS) is 14.3. The largest absolute Gasteiger partial charge is 0.490 e. The van der Waals surface area contributed by atoms with Gasteiger partial charge in [0.1, 0.15) is 23.1 Å². The standard InChI is InChI=1S/C33H28F2N6O3S.H2/c1-17(2)44-25-15-21(35)5-7-23(25)27-29(31-37-26-16-40(33(43)18(3)34)11-12-41(26)39-31)38-28(24-9-13-45-30(24)27)20-4-6-22-19(14-20)8-10-36-32(22)42;/h4-7,9,13-15,17H,3,8,10-12,16H2,1-2H3,(H,36,42);1H. The molecule has 45 heavy (non-hydrogen) atoms. The third kappa shape index (κ3) is 5.14. The van der Waals surface area contributed by atoms with E-state index in [9.17, 15) is 18.4 Å². The summed E-state index contributed by atoms with van der Waals surface area (Å²) in [5, 5.41) is 10.5. The Kier molecular flexibility index (Phi) is 7.16. The van der Waals surface area contributed by atoms with E-state index in [0.29, 0.717) is 65.0 Å². The highest BCUT2D eigenvalue weighted by Crippen LogP contribution is 2.46. The number of rotatable bonds is 6. The van der Waals surface area contributed by atoms with E-state index in [4.69, 9.17) is 19.8 Å². The molecule has 0 saturated heterocycles. The zero-order chi connectivity index (χ0) is 31.4. The minimum Gasteiger partial charge on any atom is -0.490 e. The maximum atomic E-state index is 14.5. The molecular formula is C33H30F2N6O3S. The zero-order valence-electron chi connectivity index (χ0n) is 24.6. The number of ether oxygens (including phenoxy) is 1. The molecule has 2 aliphatic rings. The van der Waals surface area contributed by atoms with Gasteiger partial charge >= 0.3 is 0 Å². The topological polar surface area (TPSA) is 102 Å². The maximum Gasteiger partial charge on any atom is 0.282 e. The molecule has 0 saturated carbocycles. The van der Waals surface area contributed by atoms with Gasteiger partial charge in [-0.3, -0.25) is 9.59 Å². The van der Waals surface area contributed by atoms with Gasteiger partial charge in [0.15, 0.2) is 5.83 Å². The number of amides is 2. The number of carbonyl (C=O) groups is 2. The van der Waals surface area contributed by atoms with Gasteiger partial charge in [0.25, 0.3) is 11.8 Å². The number of nitrogens with one attached hydrogen (secondary N) is 1. The van der Waals surface area contributed by atoms with E-state index in [1.807, 2.05) is 43.5 Å². The zero-order valence-corrected chi connectivity index (χ0v) is 25.4. The summed E-state index contributed by atoms with van der Waals surface area (Å²) >= 11 is 1.51. The summed E-state index contributed by atoms with van der Waals surface area (Å²) in [5.41, 5.74) is 4.86. The van der Waals surface area contributed by atoms with Crippen molar-refractivity contribution in [1.29, 1.82) is 0 Å². The summed E-state index contributed by atoms with van der Waals surface area (Å²) in [6, 6.07) is 12.1. The monoisotopic (exact) mass is 628 g/mol. The third-order valence-corrected chi connectivity index (χ3v) is 8.81. The summed E-state index contributed by atoms with van der Waals surface area (Å²) in [6.07, 6.45) is 0.480. The molecule has 1 N–H and O–H groups in total. The molecule has 0 bridgehead atoms. The molecule has 7 rings (SSSR count). The van der Waals surface area contributed by atoms with Gasteiger partial charge in [-0.2, -0.15) is 0 Å². The SMILES string of the molecule is C=C(F)C(=O)N1CCn2nc(-c3nc(-c4ccc5c(c4)CCNC5=O)c4ccsc4c3-c3ccc(F)cc3OC(C)C)nc2C1.[HH]. The number of carbonyl (C=O) groups excluding carboxylic acids is 2. The van der Waals surface area contributed by atoms with E-state index < -0.39 is 17.6 Å². The Morgan fingerprint density at radius 3 is 2.73 bits per heavy atom. The average molecular weight is 629 g/mol. The number of nitrogens with zero attached hydrogens (tertiary/aromatic N) is 5. The molecule has 5 aromatic rings. The minimum atomic E-state index is -1.03. The van der Waals surface area contributed by atoms with Crippen LogP contribution in [0, 0.1) is 5.82 Å². The summed E-state index contributed by atoms with van der Waals surface area (Å²) in [4.78, 5) is 36.1. The molecule has 5 heterocycles. The van der Waals surface area contributed by atoms with E-state index in [-0.39, 0.29) is 26.5 Å². The molecule has 3 aromatic heterocycles. The van der Waals surface area contributed by atoms with E-state index in [1.54, 1.807) is 10.7 Å².